The van der Waals surface area contributed by atoms with Crippen LogP contribution in [0.3, 0.4) is 0 Å². The number of hydrogen-bond acceptors (Lipinski definition) is 2. The SMILES string of the molecule is C=Cc1cnccc1-c1cccc(OC(F)(F)F)c1. The third-order valence-electron chi connectivity index (χ3n) is 2.45. The van der Waals surface area contributed by atoms with Gasteiger partial charge in [0.05, 0.1) is 0 Å². The van der Waals surface area contributed by atoms with Crippen molar-refractivity contribution >= 4 is 6.08 Å². The summed E-state index contributed by atoms with van der Waals surface area (Å²) in [5, 5.41) is 0. The van der Waals surface area contributed by atoms with Gasteiger partial charge in [0, 0.05) is 18.0 Å². The lowest BCUT2D eigenvalue weighted by Gasteiger charge is -2.11. The minimum Gasteiger partial charge on any atom is -0.406 e. The van der Waals surface area contributed by atoms with Crippen molar-refractivity contribution in [3.63, 3.8) is 0 Å². The van der Waals surface area contributed by atoms with Crippen LogP contribution in [0.5, 0.6) is 5.75 Å². The van der Waals surface area contributed by atoms with E-state index in [1.165, 1.54) is 18.2 Å². The first-order chi connectivity index (χ1) is 8.99. The average Bonchev–Trinajstić information content (AvgIpc) is 2.37. The maximum Gasteiger partial charge on any atom is 0.573 e. The highest BCUT2D eigenvalue weighted by Gasteiger charge is 2.31. The Morgan fingerprint density at radius 2 is 2.00 bits per heavy atom. The molecule has 0 unspecified atom stereocenters. The predicted octanol–water partition coefficient (Wildman–Crippen LogP) is 4.29. The van der Waals surface area contributed by atoms with E-state index in [1.54, 1.807) is 30.6 Å². The molecular formula is C14H10F3NO. The van der Waals surface area contributed by atoms with Crippen LogP contribution in [0.1, 0.15) is 5.56 Å². The quantitative estimate of drug-likeness (QED) is 0.825. The van der Waals surface area contributed by atoms with Crippen molar-refractivity contribution in [3.8, 4) is 16.9 Å². The number of benzene rings is 1. The molecule has 0 bridgehead atoms. The summed E-state index contributed by atoms with van der Waals surface area (Å²) >= 11 is 0. The highest BCUT2D eigenvalue weighted by atomic mass is 19.4. The molecule has 2 nitrogen and oxygen atoms in total. The summed E-state index contributed by atoms with van der Waals surface area (Å²) in [5.41, 5.74) is 2.10. The van der Waals surface area contributed by atoms with Crippen molar-refractivity contribution in [2.45, 2.75) is 6.36 Å². The molecular weight excluding hydrogens is 255 g/mol. The summed E-state index contributed by atoms with van der Waals surface area (Å²) in [6.45, 7) is 3.65. The fourth-order valence-electron chi connectivity index (χ4n) is 1.69. The Morgan fingerprint density at radius 3 is 2.68 bits per heavy atom. The normalized spacial score (nSPS) is 11.1. The topological polar surface area (TPSA) is 22.1 Å². The predicted molar refractivity (Wildman–Crippen MR) is 66.4 cm³/mol. The number of aromatic nitrogens is 1. The Morgan fingerprint density at radius 1 is 1.21 bits per heavy atom. The molecule has 98 valence electrons. The van der Waals surface area contributed by atoms with Gasteiger partial charge in [0.1, 0.15) is 5.75 Å². The van der Waals surface area contributed by atoms with Gasteiger partial charge in [-0.05, 0) is 29.3 Å². The smallest absolute Gasteiger partial charge is 0.406 e. The Bertz CT molecular complexity index is 593. The number of pyridine rings is 1. The van der Waals surface area contributed by atoms with E-state index in [2.05, 4.69) is 16.3 Å². The molecule has 0 aliphatic rings. The van der Waals surface area contributed by atoms with Crippen LogP contribution >= 0.6 is 0 Å². The van der Waals surface area contributed by atoms with E-state index in [1.807, 2.05) is 0 Å². The molecule has 0 amide bonds. The lowest BCUT2D eigenvalue weighted by Crippen LogP contribution is -2.17. The summed E-state index contributed by atoms with van der Waals surface area (Å²) in [4.78, 5) is 3.94. The molecule has 0 saturated carbocycles. The van der Waals surface area contributed by atoms with Gasteiger partial charge in [0.2, 0.25) is 0 Å². The second-order valence-corrected chi connectivity index (χ2v) is 3.74. The van der Waals surface area contributed by atoms with Crippen LogP contribution in [0.2, 0.25) is 0 Å². The molecule has 0 aliphatic carbocycles. The van der Waals surface area contributed by atoms with Gasteiger partial charge in [0.15, 0.2) is 0 Å². The first-order valence-electron chi connectivity index (χ1n) is 5.42. The van der Waals surface area contributed by atoms with Crippen LogP contribution in [0, 0.1) is 0 Å². The monoisotopic (exact) mass is 265 g/mol. The van der Waals surface area contributed by atoms with Crippen LogP contribution in [0.25, 0.3) is 17.2 Å². The first-order valence-corrected chi connectivity index (χ1v) is 5.42. The number of ether oxygens (including phenoxy) is 1. The van der Waals surface area contributed by atoms with E-state index in [0.29, 0.717) is 5.56 Å². The highest BCUT2D eigenvalue weighted by Crippen LogP contribution is 2.29. The molecule has 2 rings (SSSR count). The second kappa shape index (κ2) is 5.14. The van der Waals surface area contributed by atoms with E-state index in [-0.39, 0.29) is 5.75 Å². The average molecular weight is 265 g/mol. The van der Waals surface area contributed by atoms with Gasteiger partial charge in [-0.2, -0.15) is 0 Å². The number of nitrogens with zero attached hydrogens (tertiary/aromatic N) is 1. The second-order valence-electron chi connectivity index (χ2n) is 3.74. The van der Waals surface area contributed by atoms with Crippen LogP contribution in [0.4, 0.5) is 13.2 Å². The molecule has 0 radical (unpaired) electrons. The summed E-state index contributed by atoms with van der Waals surface area (Å²) < 4.78 is 40.4. The molecule has 5 heteroatoms. The number of rotatable bonds is 3. The molecule has 0 fully saturated rings. The van der Waals surface area contributed by atoms with Crippen LogP contribution in [0.15, 0.2) is 49.3 Å². The van der Waals surface area contributed by atoms with Gasteiger partial charge < -0.3 is 4.74 Å². The first kappa shape index (κ1) is 13.1. The van der Waals surface area contributed by atoms with Gasteiger partial charge >= 0.3 is 6.36 Å². The molecule has 1 aromatic heterocycles. The highest BCUT2D eigenvalue weighted by molar-refractivity contribution is 5.74. The van der Waals surface area contributed by atoms with Crippen molar-refractivity contribution in [1.29, 1.82) is 0 Å². The molecule has 0 atom stereocenters. The molecule has 19 heavy (non-hydrogen) atoms. The zero-order valence-electron chi connectivity index (χ0n) is 9.82. The molecule has 1 aromatic carbocycles. The van der Waals surface area contributed by atoms with Gasteiger partial charge in [0.25, 0.3) is 0 Å². The lowest BCUT2D eigenvalue weighted by molar-refractivity contribution is -0.274. The Kier molecular flexibility index (Phi) is 3.55. The lowest BCUT2D eigenvalue weighted by atomic mass is 10.0. The maximum absolute atomic E-state index is 12.2. The summed E-state index contributed by atoms with van der Waals surface area (Å²) in [5.74, 6) is -0.253. The van der Waals surface area contributed by atoms with E-state index in [0.717, 1.165) is 11.1 Å². The molecule has 2 aromatic rings. The Hall–Kier alpha value is -2.30. The third-order valence-corrected chi connectivity index (χ3v) is 2.45. The summed E-state index contributed by atoms with van der Waals surface area (Å²) in [7, 11) is 0. The van der Waals surface area contributed by atoms with Crippen molar-refractivity contribution in [1.82, 2.24) is 4.98 Å². The molecule has 0 aliphatic heterocycles. The minimum absolute atomic E-state index is 0.253. The Labute approximate surface area is 108 Å². The molecule has 0 spiro atoms. The Balaban J connectivity index is 2.41. The van der Waals surface area contributed by atoms with Gasteiger partial charge in [-0.15, -0.1) is 13.2 Å². The van der Waals surface area contributed by atoms with E-state index >= 15 is 0 Å². The molecule has 0 N–H and O–H groups in total. The zero-order valence-corrected chi connectivity index (χ0v) is 9.82. The number of hydrogen-bond donors (Lipinski definition) is 0. The van der Waals surface area contributed by atoms with E-state index < -0.39 is 6.36 Å². The van der Waals surface area contributed by atoms with Gasteiger partial charge in [-0.1, -0.05) is 24.8 Å². The van der Waals surface area contributed by atoms with Crippen LogP contribution in [-0.4, -0.2) is 11.3 Å². The number of alkyl halides is 3. The summed E-state index contributed by atoms with van der Waals surface area (Å²) in [6, 6.07) is 7.50. The minimum atomic E-state index is -4.70. The van der Waals surface area contributed by atoms with Crippen molar-refractivity contribution in [2.75, 3.05) is 0 Å². The van der Waals surface area contributed by atoms with Crippen LogP contribution < -0.4 is 4.74 Å². The van der Waals surface area contributed by atoms with Gasteiger partial charge in [-0.25, -0.2) is 0 Å². The van der Waals surface area contributed by atoms with Crippen molar-refractivity contribution < 1.29 is 17.9 Å². The largest absolute Gasteiger partial charge is 0.573 e. The van der Waals surface area contributed by atoms with Gasteiger partial charge in [-0.3, -0.25) is 4.98 Å². The fourth-order valence-corrected chi connectivity index (χ4v) is 1.69. The zero-order chi connectivity index (χ0) is 13.9. The van der Waals surface area contributed by atoms with Crippen LogP contribution in [-0.2, 0) is 0 Å². The maximum atomic E-state index is 12.2. The molecule has 1 heterocycles. The number of halogens is 3. The van der Waals surface area contributed by atoms with E-state index in [4.69, 9.17) is 0 Å². The standard InChI is InChI=1S/C14H10F3NO/c1-2-10-9-18-7-6-13(10)11-4-3-5-12(8-11)19-14(15,16)17/h2-9H,1H2. The van der Waals surface area contributed by atoms with Crippen molar-refractivity contribution in [3.05, 3.63) is 54.9 Å². The van der Waals surface area contributed by atoms with Crippen molar-refractivity contribution in [2.24, 2.45) is 0 Å². The fraction of sp³-hybridized carbons (Fsp3) is 0.0714. The third kappa shape index (κ3) is 3.34. The van der Waals surface area contributed by atoms with E-state index in [9.17, 15) is 13.2 Å². The molecule has 0 saturated heterocycles. The summed E-state index contributed by atoms with van der Waals surface area (Å²) in [6.07, 6.45) is 0.0665.